The fraction of sp³-hybridized carbons (Fsp3) is 0.375. The fourth-order valence-electron chi connectivity index (χ4n) is 0.956. The maximum atomic E-state index is 12.4. The molecule has 0 fully saturated rings. The molecule has 1 aromatic rings. The predicted octanol–water partition coefficient (Wildman–Crippen LogP) is 3.17. The predicted molar refractivity (Wildman–Crippen MR) is 62.3 cm³/mol. The number of hydrogen-bond acceptors (Lipinski definition) is 3. The van der Waals surface area contributed by atoms with E-state index in [9.17, 15) is 21.6 Å². The SMILES string of the molecule is CCS(=O)(=O)Nc1nc(Cl)c(C(F)(F)F)cc1Cl. The molecule has 0 bridgehead atoms. The number of halogens is 5. The average molecular weight is 323 g/mol. The Morgan fingerprint density at radius 3 is 2.39 bits per heavy atom. The summed E-state index contributed by atoms with van der Waals surface area (Å²) in [5.41, 5.74) is -1.23. The lowest BCUT2D eigenvalue weighted by Crippen LogP contribution is -2.17. The normalized spacial score (nSPS) is 12.6. The summed E-state index contributed by atoms with van der Waals surface area (Å²) in [6, 6.07) is 0.518. The van der Waals surface area contributed by atoms with Crippen LogP contribution in [0.2, 0.25) is 10.2 Å². The van der Waals surface area contributed by atoms with Crippen molar-refractivity contribution in [3.63, 3.8) is 0 Å². The lowest BCUT2D eigenvalue weighted by Gasteiger charge is -2.12. The smallest absolute Gasteiger partial charge is 0.266 e. The summed E-state index contributed by atoms with van der Waals surface area (Å²) in [7, 11) is -3.70. The highest BCUT2D eigenvalue weighted by Gasteiger charge is 2.35. The second kappa shape index (κ2) is 5.10. The first-order valence-electron chi connectivity index (χ1n) is 4.50. The third-order valence-corrected chi connectivity index (χ3v) is 3.71. The highest BCUT2D eigenvalue weighted by Crippen LogP contribution is 2.37. The van der Waals surface area contributed by atoms with E-state index in [1.165, 1.54) is 6.92 Å². The zero-order chi connectivity index (χ0) is 14.1. The fourth-order valence-corrected chi connectivity index (χ4v) is 2.05. The summed E-state index contributed by atoms with van der Waals surface area (Å²) in [5.74, 6) is -0.708. The maximum Gasteiger partial charge on any atom is 0.419 e. The molecular formula is C8H7Cl2F3N2O2S. The highest BCUT2D eigenvalue weighted by atomic mass is 35.5. The Bertz CT molecular complexity index is 560. The van der Waals surface area contributed by atoms with Crippen LogP contribution in [0.1, 0.15) is 12.5 Å². The Kier molecular flexibility index (Phi) is 4.34. The Morgan fingerprint density at radius 1 is 1.39 bits per heavy atom. The number of rotatable bonds is 3. The van der Waals surface area contributed by atoms with Crippen molar-refractivity contribution in [1.29, 1.82) is 0 Å². The van der Waals surface area contributed by atoms with Gasteiger partial charge in [0.2, 0.25) is 10.0 Å². The molecule has 0 amide bonds. The van der Waals surface area contributed by atoms with E-state index in [4.69, 9.17) is 23.2 Å². The lowest BCUT2D eigenvalue weighted by atomic mass is 10.3. The van der Waals surface area contributed by atoms with E-state index in [-0.39, 0.29) is 5.75 Å². The van der Waals surface area contributed by atoms with Crippen LogP contribution in [0.4, 0.5) is 19.0 Å². The minimum absolute atomic E-state index is 0.274. The summed E-state index contributed by atoms with van der Waals surface area (Å²) < 4.78 is 61.7. The summed E-state index contributed by atoms with van der Waals surface area (Å²) in [6.07, 6.45) is -4.71. The number of pyridine rings is 1. The quantitative estimate of drug-likeness (QED) is 0.869. The molecule has 1 rings (SSSR count). The molecule has 0 spiro atoms. The van der Waals surface area contributed by atoms with Gasteiger partial charge in [-0.3, -0.25) is 4.72 Å². The van der Waals surface area contributed by atoms with E-state index in [1.807, 2.05) is 4.72 Å². The number of nitrogens with zero attached hydrogens (tertiary/aromatic N) is 1. The van der Waals surface area contributed by atoms with Gasteiger partial charge in [-0.1, -0.05) is 23.2 Å². The van der Waals surface area contributed by atoms with E-state index >= 15 is 0 Å². The molecule has 0 aromatic carbocycles. The van der Waals surface area contributed by atoms with Crippen LogP contribution in [0.3, 0.4) is 0 Å². The zero-order valence-electron chi connectivity index (χ0n) is 8.85. The Hall–Kier alpha value is -0.730. The second-order valence-corrected chi connectivity index (χ2v) is 5.94. The zero-order valence-corrected chi connectivity index (χ0v) is 11.2. The molecular weight excluding hydrogens is 316 g/mol. The molecule has 1 aromatic heterocycles. The van der Waals surface area contributed by atoms with Crippen LogP contribution >= 0.6 is 23.2 Å². The van der Waals surface area contributed by atoms with Gasteiger partial charge in [0.05, 0.1) is 16.3 Å². The van der Waals surface area contributed by atoms with E-state index in [1.54, 1.807) is 0 Å². The molecule has 1 heterocycles. The van der Waals surface area contributed by atoms with Crippen molar-refractivity contribution in [2.24, 2.45) is 0 Å². The molecule has 0 aliphatic heterocycles. The van der Waals surface area contributed by atoms with Crippen molar-refractivity contribution in [2.45, 2.75) is 13.1 Å². The molecule has 0 saturated heterocycles. The molecule has 4 nitrogen and oxygen atoms in total. The molecule has 0 unspecified atom stereocenters. The maximum absolute atomic E-state index is 12.4. The highest BCUT2D eigenvalue weighted by molar-refractivity contribution is 7.92. The van der Waals surface area contributed by atoms with Gasteiger partial charge < -0.3 is 0 Å². The Balaban J connectivity index is 3.24. The van der Waals surface area contributed by atoms with Gasteiger partial charge >= 0.3 is 6.18 Å². The van der Waals surface area contributed by atoms with Gasteiger partial charge in [0.25, 0.3) is 0 Å². The molecule has 18 heavy (non-hydrogen) atoms. The Labute approximate surface area is 111 Å². The van der Waals surface area contributed by atoms with Crippen LogP contribution in [0.15, 0.2) is 6.07 Å². The summed E-state index contributed by atoms with van der Waals surface area (Å²) in [6.45, 7) is 1.35. The van der Waals surface area contributed by atoms with Crippen molar-refractivity contribution in [2.75, 3.05) is 10.5 Å². The molecule has 0 aliphatic carbocycles. The summed E-state index contributed by atoms with van der Waals surface area (Å²) in [4.78, 5) is 3.30. The van der Waals surface area contributed by atoms with Gasteiger partial charge in [0.15, 0.2) is 5.82 Å². The third-order valence-electron chi connectivity index (χ3n) is 1.87. The largest absolute Gasteiger partial charge is 0.419 e. The minimum Gasteiger partial charge on any atom is -0.266 e. The van der Waals surface area contributed by atoms with Crippen LogP contribution in [-0.2, 0) is 16.2 Å². The molecule has 0 radical (unpaired) electrons. The minimum atomic E-state index is -4.71. The van der Waals surface area contributed by atoms with Gasteiger partial charge in [-0.25, -0.2) is 13.4 Å². The van der Waals surface area contributed by atoms with E-state index in [0.29, 0.717) is 6.07 Å². The summed E-state index contributed by atoms with van der Waals surface area (Å²) >= 11 is 10.9. The van der Waals surface area contributed by atoms with Crippen molar-refractivity contribution in [1.82, 2.24) is 4.98 Å². The summed E-state index contributed by atoms with van der Waals surface area (Å²) in [5, 5.41) is -1.36. The number of anilines is 1. The van der Waals surface area contributed by atoms with Gasteiger partial charge in [0, 0.05) is 0 Å². The van der Waals surface area contributed by atoms with Gasteiger partial charge in [0.1, 0.15) is 5.15 Å². The average Bonchev–Trinajstić information content (AvgIpc) is 2.21. The van der Waals surface area contributed by atoms with Gasteiger partial charge in [-0.05, 0) is 13.0 Å². The third kappa shape index (κ3) is 3.63. The molecule has 0 saturated carbocycles. The second-order valence-electron chi connectivity index (χ2n) is 3.16. The first-order valence-corrected chi connectivity index (χ1v) is 6.91. The standard InChI is InChI=1S/C8H7Cl2F3N2O2S/c1-2-18(16,17)15-7-5(9)3-4(6(10)14-7)8(11,12)13/h3H,2H2,1H3,(H,14,15). The molecule has 0 aliphatic rings. The van der Waals surface area contributed by atoms with Crippen molar-refractivity contribution in [3.05, 3.63) is 21.8 Å². The van der Waals surface area contributed by atoms with Crippen molar-refractivity contribution in [3.8, 4) is 0 Å². The Morgan fingerprint density at radius 2 is 1.94 bits per heavy atom. The first-order chi connectivity index (χ1) is 8.07. The van der Waals surface area contributed by atoms with Gasteiger partial charge in [-0.15, -0.1) is 0 Å². The van der Waals surface area contributed by atoms with Crippen LogP contribution in [0, 0.1) is 0 Å². The number of hydrogen-bond donors (Lipinski definition) is 1. The molecule has 102 valence electrons. The van der Waals surface area contributed by atoms with Crippen LogP contribution in [0.25, 0.3) is 0 Å². The van der Waals surface area contributed by atoms with Crippen LogP contribution in [0.5, 0.6) is 0 Å². The van der Waals surface area contributed by atoms with Crippen LogP contribution < -0.4 is 4.72 Å². The monoisotopic (exact) mass is 322 g/mol. The number of alkyl halides is 3. The number of nitrogens with one attached hydrogen (secondary N) is 1. The van der Waals surface area contributed by atoms with E-state index < -0.39 is 37.8 Å². The van der Waals surface area contributed by atoms with E-state index in [2.05, 4.69) is 4.98 Å². The topological polar surface area (TPSA) is 59.1 Å². The van der Waals surface area contributed by atoms with Crippen LogP contribution in [-0.4, -0.2) is 19.2 Å². The first kappa shape index (κ1) is 15.3. The van der Waals surface area contributed by atoms with Gasteiger partial charge in [-0.2, -0.15) is 13.2 Å². The number of aromatic nitrogens is 1. The molecule has 1 N–H and O–H groups in total. The van der Waals surface area contributed by atoms with Crippen molar-refractivity contribution < 1.29 is 21.6 Å². The molecule has 10 heteroatoms. The molecule has 0 atom stereocenters. The van der Waals surface area contributed by atoms with E-state index in [0.717, 1.165) is 0 Å². The van der Waals surface area contributed by atoms with Crippen molar-refractivity contribution >= 4 is 39.0 Å². The number of sulfonamides is 1. The lowest BCUT2D eigenvalue weighted by molar-refractivity contribution is -0.137.